The molecule has 1 amide bonds. The molecule has 2 aromatic rings. The van der Waals surface area contributed by atoms with E-state index < -0.39 is 11.7 Å². The number of amides is 1. The molecule has 0 spiro atoms. The van der Waals surface area contributed by atoms with Crippen molar-refractivity contribution in [2.24, 2.45) is 0 Å². The molecule has 0 fully saturated rings. The topological polar surface area (TPSA) is 29.1 Å². The summed E-state index contributed by atoms with van der Waals surface area (Å²) in [6.45, 7) is 0.193. The molecule has 0 saturated heterocycles. The second kappa shape index (κ2) is 7.75. The number of thioether (sulfide) groups is 1. The summed E-state index contributed by atoms with van der Waals surface area (Å²) < 4.78 is 37.3. The normalized spacial score (nSPS) is 11.3. The van der Waals surface area contributed by atoms with Gasteiger partial charge in [-0.15, -0.1) is 11.8 Å². The van der Waals surface area contributed by atoms with Gasteiger partial charge in [0, 0.05) is 16.5 Å². The summed E-state index contributed by atoms with van der Waals surface area (Å²) in [7, 11) is 0. The standard InChI is InChI=1S/C16H13ClF3NOS/c17-13-5-7-14(8-6-13)23-10-15(22)21-9-11-1-3-12(4-2-11)16(18,19)20/h1-8H,9-10H2,(H,21,22). The number of hydrogen-bond donors (Lipinski definition) is 1. The van der Waals surface area contributed by atoms with Crippen LogP contribution >= 0.6 is 23.4 Å². The van der Waals surface area contributed by atoms with E-state index in [1.165, 1.54) is 23.9 Å². The smallest absolute Gasteiger partial charge is 0.351 e. The average Bonchev–Trinajstić information content (AvgIpc) is 2.52. The minimum atomic E-state index is -4.35. The third-order valence-corrected chi connectivity index (χ3v) is 4.22. The summed E-state index contributed by atoms with van der Waals surface area (Å²) in [6.07, 6.45) is -4.35. The highest BCUT2D eigenvalue weighted by Gasteiger charge is 2.29. The molecule has 23 heavy (non-hydrogen) atoms. The molecule has 2 rings (SSSR count). The van der Waals surface area contributed by atoms with Gasteiger partial charge in [-0.1, -0.05) is 23.7 Å². The third kappa shape index (κ3) is 5.80. The highest BCUT2D eigenvalue weighted by molar-refractivity contribution is 8.00. The minimum absolute atomic E-state index is 0.190. The van der Waals surface area contributed by atoms with Crippen LogP contribution in [-0.2, 0) is 17.5 Å². The Bertz CT molecular complexity index is 657. The summed E-state index contributed by atoms with van der Waals surface area (Å²) in [5, 5.41) is 3.30. The molecule has 0 saturated carbocycles. The SMILES string of the molecule is O=C(CSc1ccc(Cl)cc1)NCc1ccc(C(F)(F)F)cc1. The van der Waals surface area contributed by atoms with Crippen molar-refractivity contribution >= 4 is 29.3 Å². The fraction of sp³-hybridized carbons (Fsp3) is 0.188. The molecule has 0 aliphatic carbocycles. The number of halogens is 4. The van der Waals surface area contributed by atoms with E-state index in [1.807, 2.05) is 12.1 Å². The van der Waals surface area contributed by atoms with Gasteiger partial charge < -0.3 is 5.32 Å². The van der Waals surface area contributed by atoms with E-state index in [0.29, 0.717) is 10.6 Å². The van der Waals surface area contributed by atoms with Crippen LogP contribution in [0.5, 0.6) is 0 Å². The first kappa shape index (κ1) is 17.7. The second-order valence-electron chi connectivity index (χ2n) is 4.71. The van der Waals surface area contributed by atoms with Gasteiger partial charge in [0.2, 0.25) is 5.91 Å². The monoisotopic (exact) mass is 359 g/mol. The Hall–Kier alpha value is -1.66. The number of benzene rings is 2. The summed E-state index contributed by atoms with van der Waals surface area (Å²) in [5.41, 5.74) is -0.0892. The van der Waals surface area contributed by atoms with Gasteiger partial charge in [-0.25, -0.2) is 0 Å². The zero-order chi connectivity index (χ0) is 16.9. The zero-order valence-corrected chi connectivity index (χ0v) is 13.4. The molecule has 0 atom stereocenters. The molecule has 0 bridgehead atoms. The summed E-state index contributed by atoms with van der Waals surface area (Å²) in [4.78, 5) is 12.7. The molecule has 7 heteroatoms. The number of carbonyl (C=O) groups is 1. The molecule has 122 valence electrons. The molecular weight excluding hydrogens is 347 g/mol. The van der Waals surface area contributed by atoms with Crippen molar-refractivity contribution in [3.05, 3.63) is 64.7 Å². The van der Waals surface area contributed by atoms with Crippen LogP contribution in [0.1, 0.15) is 11.1 Å². The first-order chi connectivity index (χ1) is 10.8. The van der Waals surface area contributed by atoms with E-state index in [-0.39, 0.29) is 18.2 Å². The molecule has 0 aromatic heterocycles. The minimum Gasteiger partial charge on any atom is -0.351 e. The Labute approximate surface area is 141 Å². The maximum Gasteiger partial charge on any atom is 0.416 e. The zero-order valence-electron chi connectivity index (χ0n) is 11.9. The van der Waals surface area contributed by atoms with Crippen LogP contribution < -0.4 is 5.32 Å². The van der Waals surface area contributed by atoms with E-state index in [9.17, 15) is 18.0 Å². The van der Waals surface area contributed by atoms with Crippen LogP contribution in [0.4, 0.5) is 13.2 Å². The van der Waals surface area contributed by atoms with Gasteiger partial charge in [0.15, 0.2) is 0 Å². The summed E-state index contributed by atoms with van der Waals surface area (Å²) in [5.74, 6) is 0.0345. The van der Waals surface area contributed by atoms with E-state index in [2.05, 4.69) is 5.32 Å². The number of rotatable bonds is 5. The van der Waals surface area contributed by atoms with Gasteiger partial charge >= 0.3 is 6.18 Å². The molecule has 0 unspecified atom stereocenters. The highest BCUT2D eigenvalue weighted by Crippen LogP contribution is 2.29. The van der Waals surface area contributed by atoms with E-state index in [1.54, 1.807) is 12.1 Å². The quantitative estimate of drug-likeness (QED) is 0.779. The predicted octanol–water partition coefficient (Wildman–Crippen LogP) is 4.77. The van der Waals surface area contributed by atoms with Crippen molar-refractivity contribution in [3.8, 4) is 0 Å². The van der Waals surface area contributed by atoms with Crippen molar-refractivity contribution in [1.82, 2.24) is 5.32 Å². The van der Waals surface area contributed by atoms with Gasteiger partial charge in [-0.2, -0.15) is 13.2 Å². The van der Waals surface area contributed by atoms with Crippen molar-refractivity contribution < 1.29 is 18.0 Å². The van der Waals surface area contributed by atoms with Crippen LogP contribution in [0.15, 0.2) is 53.4 Å². The largest absolute Gasteiger partial charge is 0.416 e. The van der Waals surface area contributed by atoms with E-state index in [4.69, 9.17) is 11.6 Å². The first-order valence-corrected chi connectivity index (χ1v) is 8.02. The van der Waals surface area contributed by atoms with Gasteiger partial charge in [-0.05, 0) is 42.0 Å². The van der Waals surface area contributed by atoms with Gasteiger partial charge in [0.05, 0.1) is 11.3 Å². The van der Waals surface area contributed by atoms with Crippen molar-refractivity contribution in [3.63, 3.8) is 0 Å². The summed E-state index contributed by atoms with van der Waals surface area (Å²) in [6, 6.07) is 11.8. The number of nitrogens with one attached hydrogen (secondary N) is 1. The molecule has 2 aromatic carbocycles. The van der Waals surface area contributed by atoms with Crippen LogP contribution in [0.2, 0.25) is 5.02 Å². The number of carbonyl (C=O) groups excluding carboxylic acids is 1. The maximum atomic E-state index is 12.4. The van der Waals surface area contributed by atoms with Crippen molar-refractivity contribution in [2.75, 3.05) is 5.75 Å². The molecule has 0 aliphatic heterocycles. The van der Waals surface area contributed by atoms with Crippen molar-refractivity contribution in [2.45, 2.75) is 17.6 Å². The van der Waals surface area contributed by atoms with Gasteiger partial charge in [-0.3, -0.25) is 4.79 Å². The fourth-order valence-corrected chi connectivity index (χ4v) is 2.60. The Morgan fingerprint density at radius 3 is 2.22 bits per heavy atom. The van der Waals surface area contributed by atoms with Gasteiger partial charge in [0.25, 0.3) is 0 Å². The Morgan fingerprint density at radius 1 is 1.04 bits per heavy atom. The lowest BCUT2D eigenvalue weighted by molar-refractivity contribution is -0.137. The fourth-order valence-electron chi connectivity index (χ4n) is 1.74. The molecule has 0 aliphatic rings. The first-order valence-electron chi connectivity index (χ1n) is 6.66. The molecule has 0 heterocycles. The van der Waals surface area contributed by atoms with E-state index >= 15 is 0 Å². The molecule has 0 radical (unpaired) electrons. The van der Waals surface area contributed by atoms with Crippen molar-refractivity contribution in [1.29, 1.82) is 0 Å². The Kier molecular flexibility index (Phi) is 5.96. The van der Waals surface area contributed by atoms with Gasteiger partial charge in [0.1, 0.15) is 0 Å². The van der Waals surface area contributed by atoms with Crippen LogP contribution in [-0.4, -0.2) is 11.7 Å². The summed E-state index contributed by atoms with van der Waals surface area (Å²) >= 11 is 7.13. The lowest BCUT2D eigenvalue weighted by Crippen LogP contribution is -2.24. The Balaban J connectivity index is 1.79. The molecular formula is C16H13ClF3NOS. The molecule has 1 N–H and O–H groups in total. The van der Waals surface area contributed by atoms with Crippen LogP contribution in [0.3, 0.4) is 0 Å². The van der Waals surface area contributed by atoms with E-state index in [0.717, 1.165) is 17.0 Å². The lowest BCUT2D eigenvalue weighted by atomic mass is 10.1. The highest BCUT2D eigenvalue weighted by atomic mass is 35.5. The Morgan fingerprint density at radius 2 is 1.65 bits per heavy atom. The molecule has 2 nitrogen and oxygen atoms in total. The van der Waals surface area contributed by atoms with Crippen LogP contribution in [0.25, 0.3) is 0 Å². The third-order valence-electron chi connectivity index (χ3n) is 2.95. The lowest BCUT2D eigenvalue weighted by Gasteiger charge is -2.08. The predicted molar refractivity (Wildman–Crippen MR) is 85.5 cm³/mol. The number of alkyl halides is 3. The average molecular weight is 360 g/mol. The van der Waals surface area contributed by atoms with Crippen LogP contribution in [0, 0.1) is 0 Å². The maximum absolute atomic E-state index is 12.4. The number of hydrogen-bond acceptors (Lipinski definition) is 2. The second-order valence-corrected chi connectivity index (χ2v) is 6.20.